The predicted molar refractivity (Wildman–Crippen MR) is 181 cm³/mol. The summed E-state index contributed by atoms with van der Waals surface area (Å²) in [5.41, 5.74) is 4.57. The number of fused-ring (bicyclic) bond motifs is 2. The van der Waals surface area contributed by atoms with Crippen LogP contribution in [0.5, 0.6) is 0 Å². The minimum Gasteiger partial charge on any atom is -0.478 e. The molecule has 0 radical (unpaired) electrons. The lowest BCUT2D eigenvalue weighted by molar-refractivity contribution is -0.137. The number of hydrogen-bond acceptors (Lipinski definition) is 11. The Kier molecular flexibility index (Phi) is 12.5. The Bertz CT molecular complexity index is 1750. The first-order valence-corrected chi connectivity index (χ1v) is 16.3. The van der Waals surface area contributed by atoms with Crippen LogP contribution in [0.1, 0.15) is 66.2 Å². The number of aromatic nitrogens is 4. The molecule has 1 aliphatic rings. The summed E-state index contributed by atoms with van der Waals surface area (Å²) in [5, 5.41) is 45.6. The number of carbonyl (C=O) groups is 6. The zero-order valence-corrected chi connectivity index (χ0v) is 28.3. The molecule has 2 bridgehead atoms. The van der Waals surface area contributed by atoms with Gasteiger partial charge in [0.1, 0.15) is 18.1 Å². The van der Waals surface area contributed by atoms with E-state index in [1.165, 1.54) is 24.3 Å². The van der Waals surface area contributed by atoms with Gasteiger partial charge in [-0.25, -0.2) is 4.79 Å². The van der Waals surface area contributed by atoms with E-state index in [9.17, 15) is 39.0 Å². The Morgan fingerprint density at radius 3 is 2.47 bits per heavy atom. The number of nitrogens with one attached hydrogen (secondary N) is 5. The molecule has 1 aliphatic heterocycles. The Hall–Kier alpha value is -5.75. The molecule has 18 nitrogen and oxygen atoms in total. The summed E-state index contributed by atoms with van der Waals surface area (Å²) in [7, 11) is 0. The highest BCUT2D eigenvalue weighted by atomic mass is 16.4. The zero-order valence-electron chi connectivity index (χ0n) is 28.3. The van der Waals surface area contributed by atoms with Crippen LogP contribution < -0.4 is 32.3 Å². The number of tetrazole rings is 1. The third kappa shape index (κ3) is 10.1. The van der Waals surface area contributed by atoms with Crippen LogP contribution in [0.25, 0.3) is 0 Å². The van der Waals surface area contributed by atoms with Crippen LogP contribution in [-0.2, 0) is 25.6 Å². The van der Waals surface area contributed by atoms with Crippen molar-refractivity contribution in [3.05, 3.63) is 71.5 Å². The Morgan fingerprint density at radius 1 is 1.06 bits per heavy atom. The molecule has 0 fully saturated rings. The number of carbonyl (C=O) groups excluding carboxylic acids is 5. The van der Waals surface area contributed by atoms with Crippen molar-refractivity contribution >= 4 is 41.2 Å². The summed E-state index contributed by atoms with van der Waals surface area (Å²) in [4.78, 5) is 79.0. The molecule has 1 unspecified atom stereocenters. The average molecular weight is 707 g/mol. The van der Waals surface area contributed by atoms with E-state index in [0.717, 1.165) is 10.4 Å². The average Bonchev–Trinajstić information content (AvgIpc) is 3.61. The van der Waals surface area contributed by atoms with Crippen molar-refractivity contribution in [1.29, 1.82) is 0 Å². The van der Waals surface area contributed by atoms with Crippen molar-refractivity contribution in [3.8, 4) is 0 Å². The molecule has 4 rings (SSSR count). The highest BCUT2D eigenvalue weighted by Gasteiger charge is 2.38. The van der Waals surface area contributed by atoms with Crippen molar-refractivity contribution in [2.45, 2.75) is 69.8 Å². The Balaban J connectivity index is 1.60. The van der Waals surface area contributed by atoms with Gasteiger partial charge in [0.2, 0.25) is 17.7 Å². The molecule has 9 N–H and O–H groups in total. The van der Waals surface area contributed by atoms with E-state index >= 15 is 0 Å². The maximum absolute atomic E-state index is 13.8. The summed E-state index contributed by atoms with van der Waals surface area (Å²) in [6.07, 6.45) is -0.0483. The second-order valence-electron chi connectivity index (χ2n) is 12.7. The van der Waals surface area contributed by atoms with Gasteiger partial charge in [-0.2, -0.15) is 4.80 Å². The van der Waals surface area contributed by atoms with E-state index < -0.39 is 77.7 Å². The van der Waals surface area contributed by atoms with E-state index in [-0.39, 0.29) is 42.9 Å². The molecular weight excluding hydrogens is 664 g/mol. The number of anilines is 1. The third-order valence-corrected chi connectivity index (χ3v) is 8.32. The first-order chi connectivity index (χ1) is 24.2. The summed E-state index contributed by atoms with van der Waals surface area (Å²) >= 11 is 0. The lowest BCUT2D eigenvalue weighted by atomic mass is 9.93. The summed E-state index contributed by atoms with van der Waals surface area (Å²) < 4.78 is 0. The molecule has 3 aromatic rings. The van der Waals surface area contributed by atoms with Gasteiger partial charge < -0.3 is 42.5 Å². The first-order valence-electron chi connectivity index (χ1n) is 16.3. The number of rotatable bonds is 10. The van der Waals surface area contributed by atoms with Crippen LogP contribution in [-0.4, -0.2) is 103 Å². The number of benzene rings is 2. The Morgan fingerprint density at radius 2 is 1.78 bits per heavy atom. The monoisotopic (exact) mass is 706 g/mol. The quantitative estimate of drug-likeness (QED) is 0.128. The van der Waals surface area contributed by atoms with Crippen molar-refractivity contribution in [1.82, 2.24) is 41.5 Å². The van der Waals surface area contributed by atoms with Crippen LogP contribution >= 0.6 is 0 Å². The lowest BCUT2D eigenvalue weighted by Crippen LogP contribution is -2.60. The number of hydrogen-bond donors (Lipinski definition) is 8. The van der Waals surface area contributed by atoms with Crippen LogP contribution in [0, 0.1) is 5.92 Å². The molecule has 0 saturated heterocycles. The van der Waals surface area contributed by atoms with E-state index in [0.29, 0.717) is 0 Å². The second kappa shape index (κ2) is 16.8. The molecule has 2 heterocycles. The molecule has 18 heteroatoms. The minimum atomic E-state index is -2.21. The van der Waals surface area contributed by atoms with Gasteiger partial charge in [-0.1, -0.05) is 50.2 Å². The molecule has 0 aliphatic carbocycles. The molecule has 2 aromatic carbocycles. The fourth-order valence-electron chi connectivity index (χ4n) is 5.21. The number of aromatic carboxylic acids is 1. The maximum Gasteiger partial charge on any atom is 0.335 e. The molecule has 0 spiro atoms. The SMILES string of the molecule is CC(C)[C@@H]1NC(=O)[C@@H](N)CNC(=O)c2nnn(n2)C(C)C[C@@H](C(=O)NC[C@](O)(CCc2ccccc2)C(=O)Nc2cccc(C(=O)O)c2)NC1=O. The van der Waals surface area contributed by atoms with Gasteiger partial charge >= 0.3 is 5.97 Å². The van der Waals surface area contributed by atoms with E-state index in [4.69, 9.17) is 5.73 Å². The molecule has 1 aromatic heterocycles. The van der Waals surface area contributed by atoms with E-state index in [2.05, 4.69) is 42.0 Å². The topological polar surface area (TPSA) is 273 Å². The third-order valence-electron chi connectivity index (χ3n) is 8.32. The van der Waals surface area contributed by atoms with Gasteiger partial charge in [0.15, 0.2) is 5.60 Å². The van der Waals surface area contributed by atoms with Gasteiger partial charge in [0.25, 0.3) is 17.6 Å². The predicted octanol–water partition coefficient (Wildman–Crippen LogP) is -0.862. The summed E-state index contributed by atoms with van der Waals surface area (Å²) in [6.45, 7) is 4.11. The number of carboxylic acid groups (broad SMARTS) is 1. The van der Waals surface area contributed by atoms with Crippen molar-refractivity contribution in [3.63, 3.8) is 0 Å². The van der Waals surface area contributed by atoms with E-state index in [1.807, 2.05) is 18.2 Å². The highest BCUT2D eigenvalue weighted by molar-refractivity contribution is 5.99. The van der Waals surface area contributed by atoms with E-state index in [1.54, 1.807) is 32.9 Å². The number of amides is 5. The minimum absolute atomic E-state index is 0.0873. The van der Waals surface area contributed by atoms with Gasteiger partial charge in [-0.05, 0) is 54.7 Å². The van der Waals surface area contributed by atoms with Gasteiger partial charge in [-0.15, -0.1) is 10.2 Å². The normalized spacial score (nSPS) is 21.2. The van der Waals surface area contributed by atoms with Crippen molar-refractivity contribution in [2.24, 2.45) is 11.7 Å². The van der Waals surface area contributed by atoms with Crippen LogP contribution in [0.2, 0.25) is 0 Å². The largest absolute Gasteiger partial charge is 0.478 e. The Labute approximate surface area is 292 Å². The van der Waals surface area contributed by atoms with Crippen molar-refractivity contribution in [2.75, 3.05) is 18.4 Å². The summed E-state index contributed by atoms with van der Waals surface area (Å²) in [6, 6.07) is 10.1. The van der Waals surface area contributed by atoms with Gasteiger partial charge in [-0.3, -0.25) is 24.0 Å². The van der Waals surface area contributed by atoms with Crippen LogP contribution in [0.15, 0.2) is 54.6 Å². The highest BCUT2D eigenvalue weighted by Crippen LogP contribution is 2.20. The molecule has 5 atom stereocenters. The fourth-order valence-corrected chi connectivity index (χ4v) is 5.21. The van der Waals surface area contributed by atoms with Crippen molar-refractivity contribution < 1.29 is 39.0 Å². The number of carboxylic acids is 1. The molecule has 0 saturated carbocycles. The molecular formula is C33H42N10O8. The zero-order chi connectivity index (χ0) is 37.3. The van der Waals surface area contributed by atoms with Gasteiger partial charge in [0, 0.05) is 18.7 Å². The molecule has 272 valence electrons. The number of aliphatic hydroxyl groups is 1. The lowest BCUT2D eigenvalue weighted by Gasteiger charge is -2.30. The van der Waals surface area contributed by atoms with Crippen LogP contribution in [0.3, 0.4) is 0 Å². The molecule has 5 amide bonds. The maximum atomic E-state index is 13.8. The van der Waals surface area contributed by atoms with Crippen LogP contribution in [0.4, 0.5) is 5.69 Å². The standard InChI is InChI=1S/C33H42N10O8/c1-18(2)25-29(46)38-24(14-19(3)43-41-26(40-42-43)30(47)35-16-23(34)27(44)39-25)28(45)36-17-33(51,13-12-20-8-5-4-6-9-20)32(50)37-22-11-7-10-21(15-22)31(48)49/h4-11,15,18-19,23-25,51H,12-14,16-17,34H2,1-3H3,(H,35,47)(H,36,45)(H,37,50)(H,38,46)(H,39,44)(H,48,49)/t19?,23-,24-,25-,33+/m0/s1. The summed E-state index contributed by atoms with van der Waals surface area (Å²) in [5.74, 6) is -5.84. The first kappa shape index (κ1) is 38.1. The number of nitrogens with two attached hydrogens (primary N) is 1. The molecule has 51 heavy (non-hydrogen) atoms. The number of aryl methyl sites for hydroxylation is 1. The fraction of sp³-hybridized carbons (Fsp3) is 0.424. The van der Waals surface area contributed by atoms with Gasteiger partial charge in [0.05, 0.1) is 18.2 Å². The smallest absolute Gasteiger partial charge is 0.335 e. The number of nitrogens with zero attached hydrogens (tertiary/aromatic N) is 4. The second-order valence-corrected chi connectivity index (χ2v) is 12.7.